The predicted molar refractivity (Wildman–Crippen MR) is 121 cm³/mol. The molecular formula is C23H31N3O3S. The van der Waals surface area contributed by atoms with E-state index in [-0.39, 0.29) is 11.7 Å². The Morgan fingerprint density at radius 3 is 2.10 bits per heavy atom. The molecule has 0 aliphatic carbocycles. The number of piperazine rings is 1. The summed E-state index contributed by atoms with van der Waals surface area (Å²) in [5.74, 6) is 0.483. The molecule has 0 aromatic heterocycles. The van der Waals surface area contributed by atoms with Gasteiger partial charge < -0.3 is 5.32 Å². The van der Waals surface area contributed by atoms with Crippen LogP contribution < -0.4 is 5.32 Å². The van der Waals surface area contributed by atoms with E-state index in [9.17, 15) is 13.2 Å². The summed E-state index contributed by atoms with van der Waals surface area (Å²) >= 11 is 0. The van der Waals surface area contributed by atoms with Gasteiger partial charge in [-0.05, 0) is 48.2 Å². The Morgan fingerprint density at radius 2 is 1.57 bits per heavy atom. The minimum Gasteiger partial charge on any atom is -0.322 e. The van der Waals surface area contributed by atoms with E-state index < -0.39 is 10.0 Å². The molecule has 1 aliphatic heterocycles. The highest BCUT2D eigenvalue weighted by Crippen LogP contribution is 2.18. The molecule has 0 saturated carbocycles. The third-order valence-corrected chi connectivity index (χ3v) is 7.43. The third-order valence-electron chi connectivity index (χ3n) is 5.55. The lowest BCUT2D eigenvalue weighted by atomic mass is 10.0. The second kappa shape index (κ2) is 9.73. The topological polar surface area (TPSA) is 69.7 Å². The van der Waals surface area contributed by atoms with E-state index in [1.54, 1.807) is 11.2 Å². The van der Waals surface area contributed by atoms with Crippen molar-refractivity contribution in [2.75, 3.05) is 37.2 Å². The zero-order chi connectivity index (χ0) is 21.7. The number of hydrogen-bond acceptors (Lipinski definition) is 4. The predicted octanol–water partition coefficient (Wildman–Crippen LogP) is 3.53. The van der Waals surface area contributed by atoms with Gasteiger partial charge in [0.15, 0.2) is 0 Å². The summed E-state index contributed by atoms with van der Waals surface area (Å²) < 4.78 is 25.5. The average molecular weight is 430 g/mol. The van der Waals surface area contributed by atoms with Crippen LogP contribution in [0.1, 0.15) is 48.2 Å². The van der Waals surface area contributed by atoms with Crippen LogP contribution in [0.25, 0.3) is 0 Å². The Morgan fingerprint density at radius 1 is 0.967 bits per heavy atom. The van der Waals surface area contributed by atoms with Gasteiger partial charge in [0.1, 0.15) is 0 Å². The van der Waals surface area contributed by atoms with Gasteiger partial charge in [0, 0.05) is 44.0 Å². The van der Waals surface area contributed by atoms with Crippen LogP contribution in [0.5, 0.6) is 0 Å². The van der Waals surface area contributed by atoms with Gasteiger partial charge in [-0.2, -0.15) is 4.31 Å². The van der Waals surface area contributed by atoms with Crippen LogP contribution in [0, 0.1) is 0 Å². The summed E-state index contributed by atoms with van der Waals surface area (Å²) in [6.45, 7) is 9.21. The first kappa shape index (κ1) is 22.5. The number of rotatable bonds is 7. The standard InChI is InChI=1S/C23H31N3O3S/c1-4-30(28,29)26-15-13-25(14-16-26)17-19-5-7-21(8-6-19)23(27)24-22-11-9-20(10-12-22)18(2)3/h5-12,18H,4,13-17H2,1-3H3,(H,24,27). The van der Waals surface area contributed by atoms with Crippen LogP contribution in [-0.4, -0.2) is 55.5 Å². The third kappa shape index (κ3) is 5.68. The quantitative estimate of drug-likeness (QED) is 0.731. The fourth-order valence-electron chi connectivity index (χ4n) is 3.52. The fourth-order valence-corrected chi connectivity index (χ4v) is 4.61. The van der Waals surface area contributed by atoms with Gasteiger partial charge in [0.25, 0.3) is 5.91 Å². The molecule has 0 radical (unpaired) electrons. The van der Waals surface area contributed by atoms with Crippen LogP contribution in [0.3, 0.4) is 0 Å². The maximum atomic E-state index is 12.5. The Bertz CT molecular complexity index is 946. The molecule has 2 aromatic carbocycles. The first-order valence-electron chi connectivity index (χ1n) is 10.5. The maximum absolute atomic E-state index is 12.5. The zero-order valence-electron chi connectivity index (χ0n) is 18.0. The van der Waals surface area contributed by atoms with E-state index in [0.29, 0.717) is 37.7 Å². The molecule has 1 aliphatic rings. The SMILES string of the molecule is CCS(=O)(=O)N1CCN(Cc2ccc(C(=O)Nc3ccc(C(C)C)cc3)cc2)CC1. The highest BCUT2D eigenvalue weighted by molar-refractivity contribution is 7.89. The van der Waals surface area contributed by atoms with Crippen LogP contribution in [0.2, 0.25) is 0 Å². The number of anilines is 1. The molecule has 7 heteroatoms. The minimum atomic E-state index is -3.10. The molecule has 0 spiro atoms. The number of sulfonamides is 1. The fraction of sp³-hybridized carbons (Fsp3) is 0.435. The molecular weight excluding hydrogens is 398 g/mol. The summed E-state index contributed by atoms with van der Waals surface area (Å²) in [5, 5.41) is 2.94. The van der Waals surface area contributed by atoms with Crippen molar-refractivity contribution in [1.82, 2.24) is 9.21 Å². The van der Waals surface area contributed by atoms with E-state index in [2.05, 4.69) is 24.1 Å². The molecule has 0 atom stereocenters. The summed E-state index contributed by atoms with van der Waals surface area (Å²) in [4.78, 5) is 14.8. The Balaban J connectivity index is 1.53. The Hall–Kier alpha value is -2.22. The van der Waals surface area contributed by atoms with Gasteiger partial charge in [0.05, 0.1) is 5.75 Å². The molecule has 6 nitrogen and oxygen atoms in total. The van der Waals surface area contributed by atoms with Gasteiger partial charge in [-0.25, -0.2) is 8.42 Å². The number of hydrogen-bond donors (Lipinski definition) is 1. The molecule has 162 valence electrons. The van der Waals surface area contributed by atoms with E-state index in [1.807, 2.05) is 48.5 Å². The molecule has 3 rings (SSSR count). The second-order valence-corrected chi connectivity index (χ2v) is 10.3. The highest BCUT2D eigenvalue weighted by atomic mass is 32.2. The molecule has 1 heterocycles. The van der Waals surface area contributed by atoms with Crippen molar-refractivity contribution in [3.05, 3.63) is 65.2 Å². The van der Waals surface area contributed by atoms with Crippen molar-refractivity contribution in [3.63, 3.8) is 0 Å². The lowest BCUT2D eigenvalue weighted by molar-refractivity contribution is 0.102. The molecule has 1 fully saturated rings. The lowest BCUT2D eigenvalue weighted by Gasteiger charge is -2.33. The monoisotopic (exact) mass is 429 g/mol. The highest BCUT2D eigenvalue weighted by Gasteiger charge is 2.25. The average Bonchev–Trinajstić information content (AvgIpc) is 2.75. The normalized spacial score (nSPS) is 16.0. The number of nitrogens with zero attached hydrogens (tertiary/aromatic N) is 2. The minimum absolute atomic E-state index is 0.128. The summed E-state index contributed by atoms with van der Waals surface area (Å²) in [6, 6.07) is 15.5. The van der Waals surface area contributed by atoms with Crippen LogP contribution >= 0.6 is 0 Å². The Labute approximate surface area is 179 Å². The molecule has 1 saturated heterocycles. The van der Waals surface area contributed by atoms with Gasteiger partial charge in [0.2, 0.25) is 10.0 Å². The lowest BCUT2D eigenvalue weighted by Crippen LogP contribution is -2.48. The van der Waals surface area contributed by atoms with Crippen molar-refractivity contribution >= 4 is 21.6 Å². The van der Waals surface area contributed by atoms with Gasteiger partial charge >= 0.3 is 0 Å². The van der Waals surface area contributed by atoms with Crippen LogP contribution in [0.15, 0.2) is 48.5 Å². The van der Waals surface area contributed by atoms with Crippen molar-refractivity contribution in [3.8, 4) is 0 Å². The van der Waals surface area contributed by atoms with Crippen molar-refractivity contribution < 1.29 is 13.2 Å². The molecule has 1 amide bonds. The van der Waals surface area contributed by atoms with Crippen molar-refractivity contribution in [1.29, 1.82) is 0 Å². The largest absolute Gasteiger partial charge is 0.322 e. The zero-order valence-corrected chi connectivity index (χ0v) is 18.8. The van der Waals surface area contributed by atoms with Crippen molar-refractivity contribution in [2.24, 2.45) is 0 Å². The number of amides is 1. The number of carbonyl (C=O) groups excluding carboxylic acids is 1. The number of nitrogens with one attached hydrogen (secondary N) is 1. The first-order valence-corrected chi connectivity index (χ1v) is 12.1. The van der Waals surface area contributed by atoms with Crippen LogP contribution in [0.4, 0.5) is 5.69 Å². The van der Waals surface area contributed by atoms with Gasteiger partial charge in [-0.3, -0.25) is 9.69 Å². The van der Waals surface area contributed by atoms with Gasteiger partial charge in [-0.1, -0.05) is 38.1 Å². The first-order chi connectivity index (χ1) is 14.3. The molecule has 1 N–H and O–H groups in total. The molecule has 2 aromatic rings. The summed E-state index contributed by atoms with van der Waals surface area (Å²) in [5.41, 5.74) is 3.75. The second-order valence-electron chi connectivity index (χ2n) is 8.00. The smallest absolute Gasteiger partial charge is 0.255 e. The molecule has 0 bridgehead atoms. The van der Waals surface area contributed by atoms with Crippen molar-refractivity contribution in [2.45, 2.75) is 33.2 Å². The van der Waals surface area contributed by atoms with E-state index in [4.69, 9.17) is 0 Å². The van der Waals surface area contributed by atoms with E-state index in [0.717, 1.165) is 17.8 Å². The van der Waals surface area contributed by atoms with E-state index >= 15 is 0 Å². The summed E-state index contributed by atoms with van der Waals surface area (Å²) in [7, 11) is -3.10. The Kier molecular flexibility index (Phi) is 7.28. The van der Waals surface area contributed by atoms with Crippen LogP contribution in [-0.2, 0) is 16.6 Å². The van der Waals surface area contributed by atoms with E-state index in [1.165, 1.54) is 5.56 Å². The number of carbonyl (C=O) groups is 1. The maximum Gasteiger partial charge on any atom is 0.255 e. The molecule has 30 heavy (non-hydrogen) atoms. The summed E-state index contributed by atoms with van der Waals surface area (Å²) in [6.07, 6.45) is 0. The van der Waals surface area contributed by atoms with Gasteiger partial charge in [-0.15, -0.1) is 0 Å². The number of benzene rings is 2. The molecule has 0 unspecified atom stereocenters.